The number of hydrogen-bond acceptors (Lipinski definition) is 5. The summed E-state index contributed by atoms with van der Waals surface area (Å²) in [5.74, 6) is -2.38. The van der Waals surface area contributed by atoms with Gasteiger partial charge in [-0.3, -0.25) is 9.59 Å². The minimum absolute atomic E-state index is 0.113. The fourth-order valence-electron chi connectivity index (χ4n) is 1.21. The number of carbonyl (C=O) groups excluding carboxylic acids is 2. The molecular formula is C8H13NO5. The fourth-order valence-corrected chi connectivity index (χ4v) is 1.21. The predicted octanol–water partition coefficient (Wildman–Crippen LogP) is -0.976. The van der Waals surface area contributed by atoms with Crippen LogP contribution in [0.2, 0.25) is 0 Å². The Bertz CT molecular complexity index is 224. The summed E-state index contributed by atoms with van der Waals surface area (Å²) in [5.41, 5.74) is 5.04. The lowest BCUT2D eigenvalue weighted by atomic mass is 10.1. The molecule has 1 atom stereocenters. The van der Waals surface area contributed by atoms with E-state index in [1.165, 1.54) is 7.11 Å². The van der Waals surface area contributed by atoms with E-state index in [2.05, 4.69) is 4.74 Å². The van der Waals surface area contributed by atoms with Gasteiger partial charge in [0, 0.05) is 6.42 Å². The number of esters is 1. The van der Waals surface area contributed by atoms with Gasteiger partial charge >= 0.3 is 5.97 Å². The number of carbonyl (C=O) groups is 2. The standard InChI is InChI=1S/C8H13NO5/c1-12-8(11)5(7(9)10)4-6-13-2-3-14-6/h5-6H,2-4H2,1H3,(H2,9,10). The zero-order valence-corrected chi connectivity index (χ0v) is 7.89. The molecular weight excluding hydrogens is 190 g/mol. The van der Waals surface area contributed by atoms with Crippen molar-refractivity contribution in [2.24, 2.45) is 11.7 Å². The molecule has 0 saturated carbocycles. The molecule has 0 aromatic carbocycles. The predicted molar refractivity (Wildman–Crippen MR) is 45.0 cm³/mol. The number of hydrogen-bond donors (Lipinski definition) is 1. The summed E-state index contributed by atoms with van der Waals surface area (Å²) in [6.45, 7) is 0.939. The summed E-state index contributed by atoms with van der Waals surface area (Å²) in [5, 5.41) is 0. The molecule has 2 N–H and O–H groups in total. The molecule has 6 heteroatoms. The van der Waals surface area contributed by atoms with Gasteiger partial charge in [0.15, 0.2) is 6.29 Å². The molecule has 1 heterocycles. The summed E-state index contributed by atoms with van der Waals surface area (Å²) >= 11 is 0. The molecule has 14 heavy (non-hydrogen) atoms. The van der Waals surface area contributed by atoms with Gasteiger partial charge < -0.3 is 19.9 Å². The van der Waals surface area contributed by atoms with E-state index in [0.717, 1.165) is 0 Å². The van der Waals surface area contributed by atoms with Gasteiger partial charge in [0.05, 0.1) is 20.3 Å². The first-order valence-electron chi connectivity index (χ1n) is 4.25. The molecule has 1 aliphatic heterocycles. The second kappa shape index (κ2) is 4.92. The molecule has 0 bridgehead atoms. The molecule has 0 spiro atoms. The molecule has 1 aliphatic rings. The molecule has 80 valence electrons. The van der Waals surface area contributed by atoms with Crippen LogP contribution in [-0.2, 0) is 23.8 Å². The van der Waals surface area contributed by atoms with E-state index >= 15 is 0 Å². The van der Waals surface area contributed by atoms with Crippen LogP contribution >= 0.6 is 0 Å². The van der Waals surface area contributed by atoms with Crippen molar-refractivity contribution in [1.29, 1.82) is 0 Å². The lowest BCUT2D eigenvalue weighted by Gasteiger charge is -2.14. The van der Waals surface area contributed by atoms with Crippen molar-refractivity contribution in [2.45, 2.75) is 12.7 Å². The first-order valence-corrected chi connectivity index (χ1v) is 4.25. The topological polar surface area (TPSA) is 87.8 Å². The van der Waals surface area contributed by atoms with Gasteiger partial charge in [-0.05, 0) is 0 Å². The average Bonchev–Trinajstić information content (AvgIpc) is 2.65. The molecule has 0 aromatic rings. The van der Waals surface area contributed by atoms with E-state index in [-0.39, 0.29) is 6.42 Å². The quantitative estimate of drug-likeness (QED) is 0.469. The smallest absolute Gasteiger partial charge is 0.318 e. The van der Waals surface area contributed by atoms with Crippen LogP contribution in [0.1, 0.15) is 6.42 Å². The minimum Gasteiger partial charge on any atom is -0.468 e. The Morgan fingerprint density at radius 3 is 2.50 bits per heavy atom. The van der Waals surface area contributed by atoms with Crippen LogP contribution in [-0.4, -0.2) is 38.5 Å². The Kier molecular flexibility index (Phi) is 3.84. The Morgan fingerprint density at radius 2 is 2.07 bits per heavy atom. The summed E-state index contributed by atoms with van der Waals surface area (Å²) in [7, 11) is 1.20. The Morgan fingerprint density at radius 1 is 1.50 bits per heavy atom. The van der Waals surface area contributed by atoms with Crippen molar-refractivity contribution < 1.29 is 23.8 Å². The largest absolute Gasteiger partial charge is 0.468 e. The summed E-state index contributed by atoms with van der Waals surface area (Å²) in [6.07, 6.45) is -0.422. The molecule has 1 fully saturated rings. The molecule has 0 aliphatic carbocycles. The average molecular weight is 203 g/mol. The van der Waals surface area contributed by atoms with Gasteiger partial charge in [-0.2, -0.15) is 0 Å². The zero-order chi connectivity index (χ0) is 10.6. The van der Waals surface area contributed by atoms with Gasteiger partial charge in [-0.25, -0.2) is 0 Å². The Balaban J connectivity index is 2.50. The number of primary amides is 1. The van der Waals surface area contributed by atoms with Crippen LogP contribution in [0.3, 0.4) is 0 Å². The highest BCUT2D eigenvalue weighted by molar-refractivity contribution is 5.96. The van der Waals surface area contributed by atoms with Crippen LogP contribution in [0.25, 0.3) is 0 Å². The highest BCUT2D eigenvalue weighted by atomic mass is 16.7. The maximum Gasteiger partial charge on any atom is 0.318 e. The number of ether oxygens (including phenoxy) is 3. The van der Waals surface area contributed by atoms with Gasteiger partial charge in [0.2, 0.25) is 5.91 Å². The van der Waals surface area contributed by atoms with E-state index in [0.29, 0.717) is 13.2 Å². The summed E-state index contributed by atoms with van der Waals surface area (Å²) in [6, 6.07) is 0. The normalized spacial score (nSPS) is 19.2. The van der Waals surface area contributed by atoms with Gasteiger partial charge in [0.1, 0.15) is 5.92 Å². The van der Waals surface area contributed by atoms with Crippen molar-refractivity contribution in [3.63, 3.8) is 0 Å². The number of methoxy groups -OCH3 is 1. The van der Waals surface area contributed by atoms with Gasteiger partial charge in [-0.1, -0.05) is 0 Å². The molecule has 6 nitrogen and oxygen atoms in total. The maximum atomic E-state index is 11.1. The first-order chi connectivity index (χ1) is 6.65. The van der Waals surface area contributed by atoms with E-state index in [4.69, 9.17) is 15.2 Å². The Labute approximate surface area is 81.3 Å². The van der Waals surface area contributed by atoms with Gasteiger partial charge in [-0.15, -0.1) is 0 Å². The van der Waals surface area contributed by atoms with Crippen molar-refractivity contribution in [3.05, 3.63) is 0 Å². The van der Waals surface area contributed by atoms with Crippen LogP contribution in [0.5, 0.6) is 0 Å². The number of amides is 1. The lowest BCUT2D eigenvalue weighted by molar-refractivity contribution is -0.153. The Hall–Kier alpha value is -1.14. The van der Waals surface area contributed by atoms with E-state index in [9.17, 15) is 9.59 Å². The second-order valence-corrected chi connectivity index (χ2v) is 2.88. The van der Waals surface area contributed by atoms with Gasteiger partial charge in [0.25, 0.3) is 0 Å². The highest BCUT2D eigenvalue weighted by Gasteiger charge is 2.31. The van der Waals surface area contributed by atoms with Crippen LogP contribution in [0.15, 0.2) is 0 Å². The third-order valence-electron chi connectivity index (χ3n) is 1.95. The van der Waals surface area contributed by atoms with Crippen molar-refractivity contribution in [1.82, 2.24) is 0 Å². The van der Waals surface area contributed by atoms with E-state index < -0.39 is 24.1 Å². The molecule has 0 aromatic heterocycles. The van der Waals surface area contributed by atoms with E-state index in [1.807, 2.05) is 0 Å². The fraction of sp³-hybridized carbons (Fsp3) is 0.750. The molecule has 1 amide bonds. The van der Waals surface area contributed by atoms with E-state index in [1.54, 1.807) is 0 Å². The third kappa shape index (κ3) is 2.68. The number of nitrogens with two attached hydrogens (primary N) is 1. The molecule has 1 unspecified atom stereocenters. The van der Waals surface area contributed by atoms with Crippen LogP contribution < -0.4 is 5.73 Å². The SMILES string of the molecule is COC(=O)C(CC1OCCO1)C(N)=O. The monoisotopic (exact) mass is 203 g/mol. The first kappa shape index (κ1) is 10.9. The highest BCUT2D eigenvalue weighted by Crippen LogP contribution is 2.15. The third-order valence-corrected chi connectivity index (χ3v) is 1.95. The molecule has 1 rings (SSSR count). The van der Waals surface area contributed by atoms with Crippen LogP contribution in [0.4, 0.5) is 0 Å². The lowest BCUT2D eigenvalue weighted by Crippen LogP contribution is -2.34. The second-order valence-electron chi connectivity index (χ2n) is 2.88. The summed E-state index contributed by atoms with van der Waals surface area (Å²) < 4.78 is 14.6. The van der Waals surface area contributed by atoms with Crippen molar-refractivity contribution in [2.75, 3.05) is 20.3 Å². The molecule has 1 saturated heterocycles. The van der Waals surface area contributed by atoms with Crippen LogP contribution in [0, 0.1) is 5.92 Å². The zero-order valence-electron chi connectivity index (χ0n) is 7.89. The maximum absolute atomic E-state index is 11.1. The number of rotatable bonds is 4. The minimum atomic E-state index is -0.997. The summed E-state index contributed by atoms with van der Waals surface area (Å²) in [4.78, 5) is 22.0. The van der Waals surface area contributed by atoms with Crippen molar-refractivity contribution in [3.8, 4) is 0 Å². The van der Waals surface area contributed by atoms with Crippen molar-refractivity contribution >= 4 is 11.9 Å². The molecule has 0 radical (unpaired) electrons.